The molecule has 336 valence electrons. The van der Waals surface area contributed by atoms with Crippen molar-refractivity contribution < 1.29 is 33.5 Å². The van der Waals surface area contributed by atoms with Gasteiger partial charge in [-0.2, -0.15) is 9.78 Å². The number of nitrogens with zero attached hydrogens (tertiary/aromatic N) is 4. The number of fused-ring (bicyclic) bond motifs is 1. The van der Waals surface area contributed by atoms with Crippen LogP contribution in [0.3, 0.4) is 0 Å². The summed E-state index contributed by atoms with van der Waals surface area (Å²) in [6.45, 7) is 3.95. The lowest BCUT2D eigenvalue weighted by Gasteiger charge is -2.22. The van der Waals surface area contributed by atoms with Gasteiger partial charge < -0.3 is 47.7 Å². The van der Waals surface area contributed by atoms with Gasteiger partial charge in [0.05, 0.1) is 28.5 Å². The number of amides is 7. The lowest BCUT2D eigenvalue weighted by atomic mass is 10.0. The van der Waals surface area contributed by atoms with Gasteiger partial charge in [-0.3, -0.25) is 19.4 Å². The van der Waals surface area contributed by atoms with Crippen molar-refractivity contribution in [1.82, 2.24) is 40.9 Å². The van der Waals surface area contributed by atoms with Crippen molar-refractivity contribution in [2.45, 2.75) is 55.2 Å². The molecule has 0 saturated heterocycles. The van der Waals surface area contributed by atoms with E-state index in [2.05, 4.69) is 36.7 Å². The normalized spacial score (nSPS) is 12.0. The van der Waals surface area contributed by atoms with Crippen LogP contribution in [0.15, 0.2) is 101 Å². The predicted molar refractivity (Wildman–Crippen MR) is 245 cm³/mol. The number of likely N-dealkylation sites (N-methyl/N-ethyl adjacent to an activating group) is 1. The Morgan fingerprint density at radius 3 is 2.36 bits per heavy atom. The highest BCUT2D eigenvalue weighted by atomic mass is 32.2. The maximum Gasteiger partial charge on any atom is 0.407 e. The second-order valence-corrected chi connectivity index (χ2v) is 16.0. The molecule has 0 bridgehead atoms. The van der Waals surface area contributed by atoms with E-state index in [1.165, 1.54) is 21.3 Å². The molecular weight excluding hydrogens is 839 g/mol. The number of rotatable bonds is 19. The largest absolute Gasteiger partial charge is 0.445 e. The fourth-order valence-electron chi connectivity index (χ4n) is 6.15. The number of nitrogens with two attached hydrogens (primary N) is 2. The third-order valence-electron chi connectivity index (χ3n) is 9.81. The summed E-state index contributed by atoms with van der Waals surface area (Å²) in [4.78, 5) is 83.3. The summed E-state index contributed by atoms with van der Waals surface area (Å²) in [5.41, 5.74) is 14.5. The van der Waals surface area contributed by atoms with Crippen molar-refractivity contribution in [1.29, 1.82) is 0 Å². The molecule has 19 heteroatoms. The van der Waals surface area contributed by atoms with E-state index in [4.69, 9.17) is 16.2 Å². The minimum absolute atomic E-state index is 0.0739. The van der Waals surface area contributed by atoms with Crippen molar-refractivity contribution in [3.8, 4) is 0 Å². The number of anilines is 1. The number of aromatic nitrogens is 3. The van der Waals surface area contributed by atoms with Crippen LogP contribution in [0.5, 0.6) is 0 Å². The predicted octanol–water partition coefficient (Wildman–Crippen LogP) is 4.79. The Kier molecular flexibility index (Phi) is 17.4. The Bertz CT molecular complexity index is 2460. The zero-order chi connectivity index (χ0) is 46.2. The smallest absolute Gasteiger partial charge is 0.407 e. The number of benzene rings is 3. The first-order valence-electron chi connectivity index (χ1n) is 20.5. The zero-order valence-corrected chi connectivity index (χ0v) is 36.8. The number of alkyl carbamates (subject to hydrolysis) is 1. The monoisotopic (exact) mass is 891 g/mol. The fraction of sp³-hybridized carbons (Fsp3) is 0.289. The van der Waals surface area contributed by atoms with Gasteiger partial charge in [0.25, 0.3) is 5.91 Å². The maximum absolute atomic E-state index is 13.9. The molecule has 64 heavy (non-hydrogen) atoms. The SMILES string of the molecule is CNC(=O)c1ccccc1Sc1ccc2c(/C=C/c3ccccn3)nn(C(=O)N(C)CCNC(=O)OCc3ccc(NC(=O)[C@@H](CCCNC(N)=O)NC(=O)[C@H](N)C(C)C)cc3)c2c1. The molecule has 3 aromatic carbocycles. The van der Waals surface area contributed by atoms with Gasteiger partial charge in [0, 0.05) is 60.8 Å². The molecule has 0 aliphatic carbocycles. The van der Waals surface area contributed by atoms with Gasteiger partial charge in [0.15, 0.2) is 0 Å². The third kappa shape index (κ3) is 13.6. The Hall–Kier alpha value is -7.25. The fourth-order valence-corrected chi connectivity index (χ4v) is 7.13. The van der Waals surface area contributed by atoms with Gasteiger partial charge in [-0.15, -0.1) is 0 Å². The summed E-state index contributed by atoms with van der Waals surface area (Å²) in [7, 11) is 3.18. The number of carbonyl (C=O) groups is 6. The number of urea groups is 1. The molecule has 18 nitrogen and oxygen atoms in total. The van der Waals surface area contributed by atoms with Crippen LogP contribution in [0.4, 0.5) is 20.1 Å². The number of hydrogen-bond acceptors (Lipinski definition) is 11. The van der Waals surface area contributed by atoms with E-state index < -0.39 is 42.1 Å². The van der Waals surface area contributed by atoms with Crippen LogP contribution in [-0.4, -0.2) is 101 Å². The Morgan fingerprint density at radius 2 is 1.66 bits per heavy atom. The Labute approximate surface area is 374 Å². The van der Waals surface area contributed by atoms with E-state index >= 15 is 0 Å². The number of carbonyl (C=O) groups excluding carboxylic acids is 6. The second-order valence-electron chi connectivity index (χ2n) is 14.9. The molecule has 0 fully saturated rings. The molecular formula is C45H53N11O7S. The Balaban J connectivity index is 1.17. The average Bonchev–Trinajstić information content (AvgIpc) is 3.65. The van der Waals surface area contributed by atoms with Crippen LogP contribution in [0.25, 0.3) is 23.1 Å². The van der Waals surface area contributed by atoms with Crippen LogP contribution >= 0.6 is 11.8 Å². The van der Waals surface area contributed by atoms with E-state index in [-0.39, 0.29) is 44.5 Å². The highest BCUT2D eigenvalue weighted by Gasteiger charge is 2.25. The minimum Gasteiger partial charge on any atom is -0.445 e. The van der Waals surface area contributed by atoms with E-state index in [1.807, 2.05) is 54.6 Å². The number of hydrogen-bond donors (Lipinski definition) is 7. The highest BCUT2D eigenvalue weighted by molar-refractivity contribution is 7.99. The lowest BCUT2D eigenvalue weighted by Crippen LogP contribution is -2.51. The van der Waals surface area contributed by atoms with E-state index in [9.17, 15) is 28.8 Å². The summed E-state index contributed by atoms with van der Waals surface area (Å²) >= 11 is 1.39. The second kappa shape index (κ2) is 23.3. The van der Waals surface area contributed by atoms with E-state index in [0.717, 1.165) is 20.9 Å². The maximum atomic E-state index is 13.9. The van der Waals surface area contributed by atoms with Crippen molar-refractivity contribution in [3.05, 3.63) is 114 Å². The van der Waals surface area contributed by atoms with Gasteiger partial charge in [-0.1, -0.05) is 55.9 Å². The number of nitrogens with one attached hydrogen (secondary N) is 5. The van der Waals surface area contributed by atoms with Crippen LogP contribution in [0.2, 0.25) is 0 Å². The summed E-state index contributed by atoms with van der Waals surface area (Å²) in [6, 6.07) is 22.2. The van der Waals surface area contributed by atoms with Crippen LogP contribution in [0, 0.1) is 5.92 Å². The average molecular weight is 892 g/mol. The molecule has 0 aliphatic rings. The number of pyridine rings is 1. The molecule has 0 spiro atoms. The first-order chi connectivity index (χ1) is 30.7. The zero-order valence-electron chi connectivity index (χ0n) is 36.0. The summed E-state index contributed by atoms with van der Waals surface area (Å²) in [5.74, 6) is -1.30. The van der Waals surface area contributed by atoms with Crippen LogP contribution in [-0.2, 0) is 20.9 Å². The Morgan fingerprint density at radius 1 is 0.906 bits per heavy atom. The molecule has 0 radical (unpaired) electrons. The van der Waals surface area contributed by atoms with Gasteiger partial charge >= 0.3 is 18.2 Å². The third-order valence-corrected chi connectivity index (χ3v) is 10.9. The molecule has 9 N–H and O–H groups in total. The van der Waals surface area contributed by atoms with Gasteiger partial charge in [0.1, 0.15) is 12.6 Å². The molecule has 2 aromatic heterocycles. The quantitative estimate of drug-likeness (QED) is 0.0555. The molecule has 2 atom stereocenters. The van der Waals surface area contributed by atoms with Crippen molar-refractivity contribution in [2.24, 2.45) is 17.4 Å². The molecule has 5 rings (SSSR count). The van der Waals surface area contributed by atoms with Crippen molar-refractivity contribution in [3.63, 3.8) is 0 Å². The molecule has 0 unspecified atom stereocenters. The van der Waals surface area contributed by atoms with E-state index in [1.54, 1.807) is 76.6 Å². The first-order valence-corrected chi connectivity index (χ1v) is 21.3. The van der Waals surface area contributed by atoms with Crippen LogP contribution in [0.1, 0.15) is 54.0 Å². The van der Waals surface area contributed by atoms with Gasteiger partial charge in [-0.25, -0.2) is 14.4 Å². The molecule has 5 aromatic rings. The van der Waals surface area contributed by atoms with Gasteiger partial charge in [0.2, 0.25) is 11.8 Å². The van der Waals surface area contributed by atoms with Gasteiger partial charge in [-0.05, 0) is 91.1 Å². The summed E-state index contributed by atoms with van der Waals surface area (Å²) in [5, 5.41) is 18.7. The van der Waals surface area contributed by atoms with Crippen LogP contribution < -0.4 is 38.1 Å². The summed E-state index contributed by atoms with van der Waals surface area (Å²) in [6.07, 6.45) is 5.18. The minimum atomic E-state index is -0.924. The van der Waals surface area contributed by atoms with E-state index in [0.29, 0.717) is 34.4 Å². The molecule has 0 saturated carbocycles. The van der Waals surface area contributed by atoms with Crippen molar-refractivity contribution in [2.75, 3.05) is 39.0 Å². The standard InChI is InChI=1S/C45H53N11O7S/c1-28(2)39(46)42(59)53-36(12-9-23-50-43(47)60)41(58)52-31-16-14-29(15-17-31)27-63-44(61)51-24-25-55(4)45(62)56-37-26-32(64-38-13-6-5-11-34(38)40(57)48-3)19-20-33(37)35(54-56)21-18-30-10-7-8-22-49-30/h5-8,10-11,13-22,26,28,36,39H,9,12,23-25,27,46H2,1-4H3,(H,48,57)(H,51,61)(H,52,58)(H,53,59)(H3,47,50,60)/b21-18+/t36-,39-/m1/s1. The number of primary amides is 1. The lowest BCUT2D eigenvalue weighted by molar-refractivity contribution is -0.128. The molecule has 0 aliphatic heterocycles. The number of ether oxygens (including phenoxy) is 1. The summed E-state index contributed by atoms with van der Waals surface area (Å²) < 4.78 is 6.71. The molecule has 7 amide bonds. The topological polar surface area (TPSA) is 258 Å². The molecule has 2 heterocycles. The first kappa shape index (κ1) is 47.8. The van der Waals surface area contributed by atoms with Crippen molar-refractivity contribution >= 4 is 76.4 Å². The highest BCUT2D eigenvalue weighted by Crippen LogP contribution is 2.34.